The first-order valence-electron chi connectivity index (χ1n) is 8.63. The number of imide groups is 1. The molecule has 2 heterocycles. The van der Waals surface area contributed by atoms with Crippen LogP contribution in [0.5, 0.6) is 0 Å². The summed E-state index contributed by atoms with van der Waals surface area (Å²) >= 11 is 0. The summed E-state index contributed by atoms with van der Waals surface area (Å²) in [4.78, 5) is 36.5. The minimum absolute atomic E-state index is 0.0570. The molecule has 3 fully saturated rings. The van der Waals surface area contributed by atoms with E-state index in [9.17, 15) is 14.4 Å². The van der Waals surface area contributed by atoms with E-state index in [1.54, 1.807) is 0 Å². The molecule has 0 aromatic heterocycles. The first kappa shape index (κ1) is 16.2. The Balaban J connectivity index is 1.72. The summed E-state index contributed by atoms with van der Waals surface area (Å²) in [6, 6.07) is -0.235. The van der Waals surface area contributed by atoms with Crippen molar-refractivity contribution in [2.75, 3.05) is 0 Å². The molecule has 7 heteroatoms. The number of piperidine rings is 1. The van der Waals surface area contributed by atoms with Crippen molar-refractivity contribution in [3.8, 4) is 0 Å². The van der Waals surface area contributed by atoms with E-state index in [0.717, 1.165) is 19.3 Å². The Labute approximate surface area is 136 Å². The number of carbonyl (C=O) groups is 3. The van der Waals surface area contributed by atoms with Gasteiger partial charge in [0.05, 0.1) is 18.0 Å². The second kappa shape index (κ2) is 6.47. The SMILES string of the molecule is CC1CC(C(=O)NC2CCCCC2C)C2C(=O)NC(=O)NC2N1. The first-order valence-corrected chi connectivity index (χ1v) is 8.63. The normalized spacial score (nSPS) is 40.6. The van der Waals surface area contributed by atoms with E-state index < -0.39 is 24.0 Å². The van der Waals surface area contributed by atoms with E-state index in [0.29, 0.717) is 12.3 Å². The molecule has 0 radical (unpaired) electrons. The van der Waals surface area contributed by atoms with Gasteiger partial charge in [0.1, 0.15) is 0 Å². The van der Waals surface area contributed by atoms with E-state index in [1.807, 2.05) is 6.92 Å². The van der Waals surface area contributed by atoms with E-state index >= 15 is 0 Å². The fraction of sp³-hybridized carbons (Fsp3) is 0.812. The van der Waals surface area contributed by atoms with E-state index in [1.165, 1.54) is 6.42 Å². The van der Waals surface area contributed by atoms with E-state index in [-0.39, 0.29) is 23.9 Å². The molecule has 0 spiro atoms. The van der Waals surface area contributed by atoms with Crippen molar-refractivity contribution >= 4 is 17.8 Å². The minimum atomic E-state index is -0.553. The molecular formula is C16H26N4O3. The second-order valence-electron chi connectivity index (χ2n) is 7.25. The molecule has 2 aliphatic heterocycles. The summed E-state index contributed by atoms with van der Waals surface area (Å²) in [5.74, 6) is -0.912. The summed E-state index contributed by atoms with van der Waals surface area (Å²) < 4.78 is 0. The van der Waals surface area contributed by atoms with Crippen LogP contribution < -0.4 is 21.3 Å². The van der Waals surface area contributed by atoms with Crippen molar-refractivity contribution in [3.63, 3.8) is 0 Å². The van der Waals surface area contributed by atoms with Crippen molar-refractivity contribution in [1.29, 1.82) is 0 Å². The van der Waals surface area contributed by atoms with Gasteiger partial charge in [-0.25, -0.2) is 4.79 Å². The number of nitrogens with one attached hydrogen (secondary N) is 4. The fourth-order valence-electron chi connectivity index (χ4n) is 4.17. The zero-order valence-corrected chi connectivity index (χ0v) is 13.7. The lowest BCUT2D eigenvalue weighted by molar-refractivity contribution is -0.140. The molecule has 1 aliphatic carbocycles. The van der Waals surface area contributed by atoms with Gasteiger partial charge in [-0.2, -0.15) is 0 Å². The fourth-order valence-corrected chi connectivity index (χ4v) is 4.17. The Morgan fingerprint density at radius 2 is 1.91 bits per heavy atom. The molecule has 0 bridgehead atoms. The van der Waals surface area contributed by atoms with Crippen LogP contribution in [0.25, 0.3) is 0 Å². The van der Waals surface area contributed by atoms with Crippen LogP contribution in [-0.4, -0.2) is 36.1 Å². The Morgan fingerprint density at radius 3 is 2.65 bits per heavy atom. The molecule has 0 aromatic carbocycles. The van der Waals surface area contributed by atoms with Crippen molar-refractivity contribution in [1.82, 2.24) is 21.3 Å². The topological polar surface area (TPSA) is 99.3 Å². The molecule has 4 amide bonds. The smallest absolute Gasteiger partial charge is 0.322 e. The highest BCUT2D eigenvalue weighted by Gasteiger charge is 2.48. The second-order valence-corrected chi connectivity index (χ2v) is 7.25. The highest BCUT2D eigenvalue weighted by molar-refractivity contribution is 6.00. The standard InChI is InChI=1S/C16H26N4O3/c1-8-5-3-4-6-11(8)18-14(21)10-7-9(2)17-13-12(10)15(22)20-16(23)19-13/h8-13,17H,3-7H2,1-2H3,(H,18,21)(H2,19,20,22,23). The maximum atomic E-state index is 12.8. The lowest BCUT2D eigenvalue weighted by Gasteiger charge is -2.43. The van der Waals surface area contributed by atoms with Gasteiger partial charge in [-0.15, -0.1) is 0 Å². The number of hydrogen-bond donors (Lipinski definition) is 4. The number of hydrogen-bond acceptors (Lipinski definition) is 4. The van der Waals surface area contributed by atoms with Gasteiger partial charge >= 0.3 is 6.03 Å². The molecule has 3 rings (SSSR count). The van der Waals surface area contributed by atoms with Crippen LogP contribution in [0.3, 0.4) is 0 Å². The van der Waals surface area contributed by atoms with Gasteiger partial charge in [-0.3, -0.25) is 20.2 Å². The predicted molar refractivity (Wildman–Crippen MR) is 84.2 cm³/mol. The van der Waals surface area contributed by atoms with Crippen LogP contribution in [-0.2, 0) is 9.59 Å². The van der Waals surface area contributed by atoms with Crippen LogP contribution in [0, 0.1) is 17.8 Å². The average molecular weight is 322 g/mol. The summed E-state index contributed by atoms with van der Waals surface area (Å²) in [6.45, 7) is 4.14. The van der Waals surface area contributed by atoms with Gasteiger partial charge in [0.15, 0.2) is 0 Å². The Bertz CT molecular complexity index is 510. The van der Waals surface area contributed by atoms with E-state index in [4.69, 9.17) is 0 Å². The third kappa shape index (κ3) is 3.34. The van der Waals surface area contributed by atoms with Gasteiger partial charge in [0.25, 0.3) is 0 Å². The molecule has 23 heavy (non-hydrogen) atoms. The third-order valence-electron chi connectivity index (χ3n) is 5.47. The van der Waals surface area contributed by atoms with Crippen molar-refractivity contribution in [2.24, 2.45) is 17.8 Å². The number of amides is 4. The highest BCUT2D eigenvalue weighted by atomic mass is 16.2. The third-order valence-corrected chi connectivity index (χ3v) is 5.47. The Morgan fingerprint density at radius 1 is 1.17 bits per heavy atom. The Hall–Kier alpha value is -1.63. The van der Waals surface area contributed by atoms with Crippen LogP contribution >= 0.6 is 0 Å². The summed E-state index contributed by atoms with van der Waals surface area (Å²) in [7, 11) is 0. The van der Waals surface area contributed by atoms with Crippen LogP contribution in [0.2, 0.25) is 0 Å². The summed E-state index contributed by atoms with van der Waals surface area (Å²) in [5, 5.41) is 11.4. The van der Waals surface area contributed by atoms with Crippen LogP contribution in [0.4, 0.5) is 4.79 Å². The monoisotopic (exact) mass is 322 g/mol. The minimum Gasteiger partial charge on any atom is -0.353 e. The number of fused-ring (bicyclic) bond motifs is 1. The largest absolute Gasteiger partial charge is 0.353 e. The molecule has 6 atom stereocenters. The van der Waals surface area contributed by atoms with E-state index in [2.05, 4.69) is 28.2 Å². The molecule has 4 N–H and O–H groups in total. The highest BCUT2D eigenvalue weighted by Crippen LogP contribution is 2.30. The molecule has 1 saturated carbocycles. The number of urea groups is 1. The van der Waals surface area contributed by atoms with Gasteiger partial charge in [-0.05, 0) is 32.1 Å². The van der Waals surface area contributed by atoms with Gasteiger partial charge in [0.2, 0.25) is 11.8 Å². The zero-order chi connectivity index (χ0) is 16.6. The maximum Gasteiger partial charge on any atom is 0.322 e. The zero-order valence-electron chi connectivity index (χ0n) is 13.7. The number of carbonyl (C=O) groups excluding carboxylic acids is 3. The quantitative estimate of drug-likeness (QED) is 0.593. The first-order chi connectivity index (χ1) is 11.0. The lowest BCUT2D eigenvalue weighted by Crippen LogP contribution is -2.70. The molecule has 6 unspecified atom stereocenters. The van der Waals surface area contributed by atoms with Gasteiger partial charge < -0.3 is 10.6 Å². The number of rotatable bonds is 2. The molecular weight excluding hydrogens is 296 g/mol. The van der Waals surface area contributed by atoms with Crippen molar-refractivity contribution < 1.29 is 14.4 Å². The van der Waals surface area contributed by atoms with Crippen LogP contribution in [0.1, 0.15) is 46.0 Å². The molecule has 7 nitrogen and oxygen atoms in total. The lowest BCUT2D eigenvalue weighted by atomic mass is 9.78. The molecule has 3 aliphatic rings. The maximum absolute atomic E-state index is 12.8. The Kier molecular flexibility index (Phi) is 4.57. The van der Waals surface area contributed by atoms with Crippen molar-refractivity contribution in [2.45, 2.75) is 64.2 Å². The summed E-state index contributed by atoms with van der Waals surface area (Å²) in [5.41, 5.74) is 0. The molecule has 128 valence electrons. The molecule has 0 aromatic rings. The van der Waals surface area contributed by atoms with Gasteiger partial charge in [-0.1, -0.05) is 19.8 Å². The molecule has 2 saturated heterocycles. The average Bonchev–Trinajstić information content (AvgIpc) is 2.47. The van der Waals surface area contributed by atoms with Crippen molar-refractivity contribution in [3.05, 3.63) is 0 Å². The van der Waals surface area contributed by atoms with Crippen LogP contribution in [0.15, 0.2) is 0 Å². The van der Waals surface area contributed by atoms with Gasteiger partial charge in [0, 0.05) is 12.1 Å². The summed E-state index contributed by atoms with van der Waals surface area (Å²) in [6.07, 6.45) is 4.62. The predicted octanol–water partition coefficient (Wildman–Crippen LogP) is 0.461.